The normalized spacial score (nSPS) is 11.4. The highest BCUT2D eigenvalue weighted by atomic mass is 16.6. The number of aromatic hydroxyl groups is 1. The van der Waals surface area contributed by atoms with Gasteiger partial charge in [0.1, 0.15) is 11.6 Å². The lowest BCUT2D eigenvalue weighted by atomic mass is 10.2. The molecule has 0 unspecified atom stereocenters. The number of imidazole rings is 1. The summed E-state index contributed by atoms with van der Waals surface area (Å²) in [5, 5.41) is 29.0. The zero-order valence-electron chi connectivity index (χ0n) is 17.4. The van der Waals surface area contributed by atoms with Crippen LogP contribution in [0.15, 0.2) is 77.0 Å². The molecule has 2 aromatic heterocycles. The second kappa shape index (κ2) is 8.47. The van der Waals surface area contributed by atoms with Gasteiger partial charge in [-0.25, -0.2) is 4.98 Å². The van der Waals surface area contributed by atoms with E-state index in [1.807, 2.05) is 6.07 Å². The number of carbonyl (C=O) groups is 1. The summed E-state index contributed by atoms with van der Waals surface area (Å²) >= 11 is 0. The maximum Gasteiger partial charge on any atom is 0.302 e. The van der Waals surface area contributed by atoms with Crippen molar-refractivity contribution >= 4 is 39.2 Å². The van der Waals surface area contributed by atoms with Gasteiger partial charge in [0.25, 0.3) is 5.69 Å². The fourth-order valence-electron chi connectivity index (χ4n) is 3.45. The second-order valence-electron chi connectivity index (χ2n) is 7.32. The van der Waals surface area contributed by atoms with E-state index >= 15 is 0 Å². The number of fused-ring (bicyclic) bond motifs is 2. The number of nitrogens with zero attached hydrogens (tertiary/aromatic N) is 4. The summed E-state index contributed by atoms with van der Waals surface area (Å²) in [7, 11) is 0. The van der Waals surface area contributed by atoms with E-state index in [4.69, 9.17) is 4.74 Å². The number of para-hydroxylation sites is 1. The van der Waals surface area contributed by atoms with Gasteiger partial charge in [0.15, 0.2) is 12.3 Å². The predicted octanol–water partition coefficient (Wildman–Crippen LogP) is 5.01. The SMILES string of the molecule is O=C(COc1ccc(-c2nc3ccc([N+](=O)[O-])cc3[nH]2)cc1)N=Nc1c(O)[nH]c2ccccc12. The number of amides is 1. The summed E-state index contributed by atoms with van der Waals surface area (Å²) in [4.78, 5) is 32.8. The smallest absolute Gasteiger partial charge is 0.302 e. The summed E-state index contributed by atoms with van der Waals surface area (Å²) in [6, 6.07) is 18.4. The number of nitro benzene ring substituents is 1. The minimum atomic E-state index is -0.618. The molecule has 0 fully saturated rings. The van der Waals surface area contributed by atoms with Crippen molar-refractivity contribution in [1.29, 1.82) is 0 Å². The van der Waals surface area contributed by atoms with Gasteiger partial charge < -0.3 is 19.8 Å². The van der Waals surface area contributed by atoms with Crippen LogP contribution in [0.25, 0.3) is 33.3 Å². The summed E-state index contributed by atoms with van der Waals surface area (Å²) in [6.07, 6.45) is 0. The number of aromatic nitrogens is 3. The highest BCUT2D eigenvalue weighted by molar-refractivity contribution is 5.94. The first-order valence-electron chi connectivity index (χ1n) is 10.1. The topological polar surface area (TPSA) is 159 Å². The Bertz CT molecular complexity index is 1570. The highest BCUT2D eigenvalue weighted by Crippen LogP contribution is 2.35. The number of H-pyrrole nitrogens is 2. The van der Waals surface area contributed by atoms with Crippen molar-refractivity contribution < 1.29 is 19.6 Å². The van der Waals surface area contributed by atoms with Crippen LogP contribution in [0.2, 0.25) is 0 Å². The van der Waals surface area contributed by atoms with Gasteiger partial charge in [-0.05, 0) is 36.4 Å². The van der Waals surface area contributed by atoms with Crippen molar-refractivity contribution in [2.45, 2.75) is 0 Å². The lowest BCUT2D eigenvalue weighted by Crippen LogP contribution is -2.07. The van der Waals surface area contributed by atoms with Crippen LogP contribution in [-0.4, -0.2) is 37.5 Å². The largest absolute Gasteiger partial charge is 0.493 e. The molecule has 2 heterocycles. The summed E-state index contributed by atoms with van der Waals surface area (Å²) in [6.45, 7) is -0.333. The minimum absolute atomic E-state index is 0.0202. The third kappa shape index (κ3) is 4.05. The number of azo groups is 1. The molecule has 3 aromatic carbocycles. The zero-order valence-corrected chi connectivity index (χ0v) is 17.4. The molecule has 0 spiro atoms. The van der Waals surface area contributed by atoms with Crippen LogP contribution in [0.3, 0.4) is 0 Å². The van der Waals surface area contributed by atoms with Crippen LogP contribution in [0.5, 0.6) is 11.6 Å². The van der Waals surface area contributed by atoms with Crippen LogP contribution >= 0.6 is 0 Å². The quantitative estimate of drug-likeness (QED) is 0.185. The van der Waals surface area contributed by atoms with Crippen LogP contribution in [0.4, 0.5) is 11.4 Å². The molecule has 5 rings (SSSR count). The second-order valence-corrected chi connectivity index (χ2v) is 7.32. The lowest BCUT2D eigenvalue weighted by Gasteiger charge is -2.04. The van der Waals surface area contributed by atoms with Gasteiger partial charge in [-0.3, -0.25) is 14.9 Å². The van der Waals surface area contributed by atoms with Crippen LogP contribution in [0, 0.1) is 10.1 Å². The number of carbonyl (C=O) groups excluding carboxylic acids is 1. The highest BCUT2D eigenvalue weighted by Gasteiger charge is 2.12. The molecule has 0 saturated heterocycles. The zero-order chi connectivity index (χ0) is 23.7. The standard InChI is InChI=1S/C23H16N6O5/c30-20(27-28-21-16-3-1-2-4-17(16)26-23(21)31)12-34-15-8-5-13(6-9-15)22-24-18-10-7-14(29(32)33)11-19(18)25-22/h1-11,26,31H,12H2,(H,24,25). The minimum Gasteiger partial charge on any atom is -0.493 e. The number of ether oxygens (including phenoxy) is 1. The van der Waals surface area contributed by atoms with E-state index in [2.05, 4.69) is 25.2 Å². The molecule has 0 saturated carbocycles. The number of aromatic amines is 2. The Labute approximate surface area is 190 Å². The number of hydrogen-bond acceptors (Lipinski definition) is 7. The van der Waals surface area contributed by atoms with Gasteiger partial charge in [0.2, 0.25) is 5.88 Å². The molecule has 168 valence electrons. The van der Waals surface area contributed by atoms with E-state index in [0.717, 1.165) is 5.56 Å². The Morgan fingerprint density at radius 1 is 1.06 bits per heavy atom. The number of rotatable bonds is 6. The third-order valence-electron chi connectivity index (χ3n) is 5.09. The molecule has 11 nitrogen and oxygen atoms in total. The molecule has 0 atom stereocenters. The fraction of sp³-hybridized carbons (Fsp3) is 0.0435. The molecule has 11 heteroatoms. The molecule has 34 heavy (non-hydrogen) atoms. The first kappa shape index (κ1) is 20.8. The number of non-ortho nitro benzene ring substituents is 1. The Morgan fingerprint density at radius 2 is 1.85 bits per heavy atom. The van der Waals surface area contributed by atoms with Gasteiger partial charge in [-0.2, -0.15) is 0 Å². The third-order valence-corrected chi connectivity index (χ3v) is 5.09. The molecule has 0 aliphatic carbocycles. The summed E-state index contributed by atoms with van der Waals surface area (Å²) in [5.74, 6) is 0.196. The maximum atomic E-state index is 12.1. The van der Waals surface area contributed by atoms with Crippen molar-refractivity contribution in [3.8, 4) is 23.0 Å². The average molecular weight is 456 g/mol. The Hall–Kier alpha value is -5.06. The molecule has 5 aromatic rings. The fourth-order valence-corrected chi connectivity index (χ4v) is 3.45. The first-order chi connectivity index (χ1) is 16.5. The Balaban J connectivity index is 1.24. The molecule has 1 amide bonds. The van der Waals surface area contributed by atoms with E-state index in [0.29, 0.717) is 33.5 Å². The van der Waals surface area contributed by atoms with E-state index in [1.54, 1.807) is 48.5 Å². The monoisotopic (exact) mass is 456 g/mol. The molecule has 0 bridgehead atoms. The van der Waals surface area contributed by atoms with Crippen LogP contribution in [-0.2, 0) is 4.79 Å². The molecule has 3 N–H and O–H groups in total. The van der Waals surface area contributed by atoms with Crippen LogP contribution in [0.1, 0.15) is 0 Å². The van der Waals surface area contributed by atoms with Gasteiger partial charge >= 0.3 is 5.91 Å². The molecule has 0 radical (unpaired) electrons. The number of hydrogen-bond donors (Lipinski definition) is 3. The predicted molar refractivity (Wildman–Crippen MR) is 123 cm³/mol. The van der Waals surface area contributed by atoms with Gasteiger partial charge in [0, 0.05) is 23.1 Å². The van der Waals surface area contributed by atoms with E-state index < -0.39 is 10.8 Å². The summed E-state index contributed by atoms with van der Waals surface area (Å²) in [5.41, 5.74) is 2.75. The number of benzene rings is 3. The van der Waals surface area contributed by atoms with Gasteiger partial charge in [0.05, 0.1) is 21.5 Å². The molecular formula is C23H16N6O5. The van der Waals surface area contributed by atoms with Crippen molar-refractivity contribution in [3.05, 3.63) is 76.8 Å². The lowest BCUT2D eigenvalue weighted by molar-refractivity contribution is -0.384. The maximum absolute atomic E-state index is 12.1. The van der Waals surface area contributed by atoms with E-state index in [9.17, 15) is 20.0 Å². The molecular weight excluding hydrogens is 440 g/mol. The van der Waals surface area contributed by atoms with Crippen molar-refractivity contribution in [1.82, 2.24) is 15.0 Å². The first-order valence-corrected chi connectivity index (χ1v) is 10.1. The van der Waals surface area contributed by atoms with E-state index in [-0.39, 0.29) is 23.9 Å². The van der Waals surface area contributed by atoms with Gasteiger partial charge in [-0.1, -0.05) is 18.2 Å². The van der Waals surface area contributed by atoms with Crippen molar-refractivity contribution in [2.75, 3.05) is 6.61 Å². The van der Waals surface area contributed by atoms with E-state index in [1.165, 1.54) is 12.1 Å². The van der Waals surface area contributed by atoms with Gasteiger partial charge in [-0.15, -0.1) is 10.2 Å². The molecule has 0 aliphatic heterocycles. The van der Waals surface area contributed by atoms with Crippen LogP contribution < -0.4 is 4.74 Å². The number of nitrogens with one attached hydrogen (secondary N) is 2. The average Bonchev–Trinajstić information content (AvgIpc) is 3.41. The van der Waals surface area contributed by atoms with Crippen molar-refractivity contribution in [3.63, 3.8) is 0 Å². The Morgan fingerprint density at radius 3 is 2.65 bits per heavy atom. The van der Waals surface area contributed by atoms with Crippen molar-refractivity contribution in [2.24, 2.45) is 10.2 Å². The summed E-state index contributed by atoms with van der Waals surface area (Å²) < 4.78 is 5.47. The number of nitro groups is 1. The Kier molecular flexibility index (Phi) is 5.18. The molecule has 0 aliphatic rings.